The fraction of sp³-hybridized carbons (Fsp3) is 0.500. The van der Waals surface area contributed by atoms with Crippen LogP contribution in [0.3, 0.4) is 0 Å². The molecule has 18 heavy (non-hydrogen) atoms. The van der Waals surface area contributed by atoms with Gasteiger partial charge in [0.05, 0.1) is 12.6 Å². The maximum absolute atomic E-state index is 9.33. The Kier molecular flexibility index (Phi) is 3.66. The molecule has 6 nitrogen and oxygen atoms in total. The number of rotatable bonds is 3. The highest BCUT2D eigenvalue weighted by Crippen LogP contribution is 2.24. The van der Waals surface area contributed by atoms with Crippen LogP contribution in [0.4, 0.5) is 5.82 Å². The summed E-state index contributed by atoms with van der Waals surface area (Å²) in [5.74, 6) is 0.842. The van der Waals surface area contributed by atoms with Crippen LogP contribution in [0.1, 0.15) is 24.1 Å². The second-order valence-corrected chi connectivity index (χ2v) is 4.51. The molecule has 1 aliphatic rings. The molecule has 1 aromatic heterocycles. The monoisotopic (exact) mass is 250 g/mol. The number of nitrogens with zero attached hydrogens (tertiary/aromatic N) is 3. The average Bonchev–Trinajstić information content (AvgIpc) is 2.85. The molecule has 1 saturated heterocycles. The van der Waals surface area contributed by atoms with Crippen molar-refractivity contribution in [1.29, 1.82) is 0 Å². The van der Waals surface area contributed by atoms with Crippen molar-refractivity contribution in [3.05, 3.63) is 23.4 Å². The highest BCUT2D eigenvalue weighted by molar-refractivity contribution is 5.97. The molecular formula is C12H18N4O2. The van der Waals surface area contributed by atoms with E-state index in [2.05, 4.69) is 15.0 Å². The van der Waals surface area contributed by atoms with Crippen molar-refractivity contribution in [3.63, 3.8) is 0 Å². The van der Waals surface area contributed by atoms with Crippen molar-refractivity contribution in [3.8, 4) is 0 Å². The molecule has 6 heteroatoms. The third-order valence-corrected chi connectivity index (χ3v) is 3.23. The Labute approximate surface area is 106 Å². The molecule has 0 radical (unpaired) electrons. The predicted octanol–water partition coefficient (Wildman–Crippen LogP) is 0.446. The van der Waals surface area contributed by atoms with E-state index in [4.69, 9.17) is 10.9 Å². The minimum atomic E-state index is 0.0708. The van der Waals surface area contributed by atoms with Crippen molar-refractivity contribution in [2.45, 2.75) is 25.8 Å². The van der Waals surface area contributed by atoms with Crippen molar-refractivity contribution < 1.29 is 10.3 Å². The van der Waals surface area contributed by atoms with Crippen LogP contribution in [0.25, 0.3) is 0 Å². The van der Waals surface area contributed by atoms with Crippen LogP contribution in [-0.2, 0) is 0 Å². The van der Waals surface area contributed by atoms with Gasteiger partial charge in [0.25, 0.3) is 0 Å². The number of nitrogens with two attached hydrogens (primary N) is 1. The number of oxime groups is 1. The summed E-state index contributed by atoms with van der Waals surface area (Å²) >= 11 is 0. The Morgan fingerprint density at radius 2 is 2.39 bits per heavy atom. The van der Waals surface area contributed by atoms with Gasteiger partial charge < -0.3 is 20.9 Å². The van der Waals surface area contributed by atoms with Crippen molar-refractivity contribution in [2.24, 2.45) is 10.9 Å². The highest BCUT2D eigenvalue weighted by atomic mass is 16.4. The van der Waals surface area contributed by atoms with E-state index in [1.165, 1.54) is 0 Å². The number of aromatic nitrogens is 1. The molecule has 1 unspecified atom stereocenters. The summed E-state index contributed by atoms with van der Waals surface area (Å²) in [6, 6.07) is 3.66. The molecular weight excluding hydrogens is 232 g/mol. The van der Waals surface area contributed by atoms with E-state index in [-0.39, 0.29) is 18.5 Å². The molecule has 0 saturated carbocycles. The molecule has 0 bridgehead atoms. The Hall–Kier alpha value is -1.82. The molecule has 2 heterocycles. The molecule has 1 aromatic rings. The summed E-state index contributed by atoms with van der Waals surface area (Å²) in [7, 11) is 0. The highest BCUT2D eigenvalue weighted by Gasteiger charge is 2.25. The topological polar surface area (TPSA) is 95.0 Å². The van der Waals surface area contributed by atoms with Gasteiger partial charge in [-0.2, -0.15) is 0 Å². The lowest BCUT2D eigenvalue weighted by Gasteiger charge is -2.24. The Morgan fingerprint density at radius 3 is 3.06 bits per heavy atom. The van der Waals surface area contributed by atoms with Gasteiger partial charge in [0.15, 0.2) is 5.84 Å². The van der Waals surface area contributed by atoms with Crippen LogP contribution in [0.15, 0.2) is 17.3 Å². The second kappa shape index (κ2) is 5.22. The summed E-state index contributed by atoms with van der Waals surface area (Å²) in [5.41, 5.74) is 7.05. The van der Waals surface area contributed by atoms with Crippen molar-refractivity contribution in [2.75, 3.05) is 18.1 Å². The fourth-order valence-electron chi connectivity index (χ4n) is 2.33. The van der Waals surface area contributed by atoms with Gasteiger partial charge in [-0.05, 0) is 31.9 Å². The number of hydrogen-bond donors (Lipinski definition) is 3. The number of aliphatic hydroxyl groups excluding tert-OH is 1. The first-order valence-electron chi connectivity index (χ1n) is 5.99. The van der Waals surface area contributed by atoms with Crippen molar-refractivity contribution >= 4 is 11.7 Å². The number of amidine groups is 1. The van der Waals surface area contributed by atoms with Gasteiger partial charge in [-0.1, -0.05) is 5.16 Å². The average molecular weight is 250 g/mol. The SMILES string of the molecule is Cc1cc(/C(N)=N/O)cc(N2CCCC2CO)n1. The maximum Gasteiger partial charge on any atom is 0.170 e. The van der Waals surface area contributed by atoms with Crippen LogP contribution >= 0.6 is 0 Å². The summed E-state index contributed by atoms with van der Waals surface area (Å²) in [5, 5.41) is 21.1. The molecule has 0 aromatic carbocycles. The van der Waals surface area contributed by atoms with Crippen LogP contribution in [0.2, 0.25) is 0 Å². The van der Waals surface area contributed by atoms with Gasteiger partial charge in [-0.15, -0.1) is 0 Å². The third kappa shape index (κ3) is 2.38. The van der Waals surface area contributed by atoms with Gasteiger partial charge in [0, 0.05) is 17.8 Å². The van der Waals surface area contributed by atoms with E-state index in [9.17, 15) is 5.11 Å². The minimum absolute atomic E-state index is 0.0708. The quantitative estimate of drug-likeness (QED) is 0.313. The number of pyridine rings is 1. The lowest BCUT2D eigenvalue weighted by atomic mass is 10.2. The Morgan fingerprint density at radius 1 is 1.61 bits per heavy atom. The van der Waals surface area contributed by atoms with Crippen LogP contribution in [0.5, 0.6) is 0 Å². The van der Waals surface area contributed by atoms with E-state index in [0.29, 0.717) is 5.56 Å². The molecule has 0 aliphatic carbocycles. The van der Waals surface area contributed by atoms with Gasteiger partial charge in [-0.25, -0.2) is 4.98 Å². The zero-order valence-electron chi connectivity index (χ0n) is 10.4. The minimum Gasteiger partial charge on any atom is -0.409 e. The number of aliphatic hydroxyl groups is 1. The lowest BCUT2D eigenvalue weighted by molar-refractivity contribution is 0.266. The molecule has 1 atom stereocenters. The first-order valence-corrected chi connectivity index (χ1v) is 5.99. The van der Waals surface area contributed by atoms with Gasteiger partial charge in [0.1, 0.15) is 5.82 Å². The predicted molar refractivity (Wildman–Crippen MR) is 68.9 cm³/mol. The van der Waals surface area contributed by atoms with Gasteiger partial charge in [0.2, 0.25) is 0 Å². The van der Waals surface area contributed by atoms with E-state index in [1.54, 1.807) is 12.1 Å². The van der Waals surface area contributed by atoms with Crippen molar-refractivity contribution in [1.82, 2.24) is 4.98 Å². The fourth-order valence-corrected chi connectivity index (χ4v) is 2.33. The molecule has 98 valence electrons. The third-order valence-electron chi connectivity index (χ3n) is 3.23. The first kappa shape index (κ1) is 12.6. The summed E-state index contributed by atoms with van der Waals surface area (Å²) < 4.78 is 0. The molecule has 4 N–H and O–H groups in total. The Bertz CT molecular complexity index is 461. The van der Waals surface area contributed by atoms with Gasteiger partial charge >= 0.3 is 0 Å². The largest absolute Gasteiger partial charge is 0.409 e. The van der Waals surface area contributed by atoms with Crippen LogP contribution in [-0.4, -0.2) is 40.3 Å². The number of hydrogen-bond acceptors (Lipinski definition) is 5. The summed E-state index contributed by atoms with van der Waals surface area (Å²) in [6.07, 6.45) is 2.00. The molecule has 2 rings (SSSR count). The summed E-state index contributed by atoms with van der Waals surface area (Å²) in [4.78, 5) is 6.52. The lowest BCUT2D eigenvalue weighted by Crippen LogP contribution is -2.33. The van der Waals surface area contributed by atoms with Crippen LogP contribution in [0, 0.1) is 6.92 Å². The molecule has 0 amide bonds. The van der Waals surface area contributed by atoms with E-state index in [0.717, 1.165) is 30.9 Å². The normalized spacial score (nSPS) is 20.4. The first-order chi connectivity index (χ1) is 8.65. The number of anilines is 1. The van der Waals surface area contributed by atoms with Gasteiger partial charge in [-0.3, -0.25) is 0 Å². The molecule has 1 fully saturated rings. The Balaban J connectivity index is 2.36. The zero-order valence-corrected chi connectivity index (χ0v) is 10.4. The zero-order chi connectivity index (χ0) is 13.1. The van der Waals surface area contributed by atoms with E-state index >= 15 is 0 Å². The van der Waals surface area contributed by atoms with E-state index in [1.807, 2.05) is 6.92 Å². The van der Waals surface area contributed by atoms with Crippen LogP contribution < -0.4 is 10.6 Å². The molecule has 1 aliphatic heterocycles. The number of aryl methyl sites for hydroxylation is 1. The van der Waals surface area contributed by atoms with E-state index < -0.39 is 0 Å². The molecule has 0 spiro atoms. The smallest absolute Gasteiger partial charge is 0.170 e. The second-order valence-electron chi connectivity index (χ2n) is 4.51. The summed E-state index contributed by atoms with van der Waals surface area (Å²) in [6.45, 7) is 2.85. The standard InChI is InChI=1S/C12H18N4O2/c1-8-5-9(12(13)15-18)6-11(14-8)16-4-2-3-10(16)7-17/h5-6,10,17-18H,2-4,7H2,1H3,(H2,13,15). The maximum atomic E-state index is 9.33.